The average Bonchev–Trinajstić information content (AvgIpc) is 3.41. The number of Topliss-reactive ketones (excluding diaryl/α,β-unsaturated/α-hetero) is 1. The predicted molar refractivity (Wildman–Crippen MR) is 145 cm³/mol. The number of fused-ring (bicyclic) bond motifs is 3. The number of rotatable bonds is 7. The van der Waals surface area contributed by atoms with E-state index in [1.165, 1.54) is 15.9 Å². The molecule has 0 N–H and O–H groups in total. The molecule has 3 atom stereocenters. The Morgan fingerprint density at radius 3 is 2.19 bits per heavy atom. The summed E-state index contributed by atoms with van der Waals surface area (Å²) in [6, 6.07) is 21.5. The maximum atomic E-state index is 13.2. The quantitative estimate of drug-likeness (QED) is 0.172. The van der Waals surface area contributed by atoms with Crippen LogP contribution in [0, 0.1) is 16.7 Å². The van der Waals surface area contributed by atoms with Crippen LogP contribution in [-0.4, -0.2) is 33.3 Å². The van der Waals surface area contributed by atoms with Gasteiger partial charge in [-0.3, -0.25) is 9.59 Å². The van der Waals surface area contributed by atoms with Crippen LogP contribution in [0.3, 0.4) is 0 Å². The van der Waals surface area contributed by atoms with Gasteiger partial charge in [0.2, 0.25) is 0 Å². The summed E-state index contributed by atoms with van der Waals surface area (Å²) in [6.07, 6.45) is 6.47. The number of hydrogen-bond donors (Lipinski definition) is 0. The largest absolute Gasteiger partial charge is 0.464 e. The van der Waals surface area contributed by atoms with Crippen molar-refractivity contribution in [1.82, 2.24) is 0 Å². The third-order valence-corrected chi connectivity index (χ3v) is 14.0. The lowest BCUT2D eigenvalue weighted by Gasteiger charge is -2.46. The van der Waals surface area contributed by atoms with Crippen LogP contribution < -0.4 is 10.4 Å². The van der Waals surface area contributed by atoms with Crippen molar-refractivity contribution in [3.63, 3.8) is 0 Å². The summed E-state index contributed by atoms with van der Waals surface area (Å²) in [7, 11) is -2.58. The minimum atomic E-state index is -2.58. The average molecular weight is 503 g/mol. The highest BCUT2D eigenvalue weighted by molar-refractivity contribution is 6.99. The van der Waals surface area contributed by atoms with E-state index >= 15 is 0 Å². The fourth-order valence-electron chi connectivity index (χ4n) is 7.42. The van der Waals surface area contributed by atoms with Crippen LogP contribution in [0.4, 0.5) is 0 Å². The van der Waals surface area contributed by atoms with Crippen molar-refractivity contribution < 1.29 is 18.8 Å². The van der Waals surface area contributed by atoms with Gasteiger partial charge in [-0.2, -0.15) is 0 Å². The molecule has 4 nitrogen and oxygen atoms in total. The monoisotopic (exact) mass is 502 g/mol. The summed E-state index contributed by atoms with van der Waals surface area (Å²) >= 11 is 0. The first-order valence-corrected chi connectivity index (χ1v) is 15.2. The lowest BCUT2D eigenvalue weighted by molar-refractivity contribution is -0.146. The second-order valence-electron chi connectivity index (χ2n) is 12.2. The lowest BCUT2D eigenvalue weighted by Crippen LogP contribution is -2.66. The molecule has 2 aromatic rings. The van der Waals surface area contributed by atoms with Crippen LogP contribution in [-0.2, 0) is 18.8 Å². The minimum Gasteiger partial charge on any atom is -0.464 e. The Balaban J connectivity index is 1.40. The van der Waals surface area contributed by atoms with Crippen LogP contribution >= 0.6 is 0 Å². The summed E-state index contributed by atoms with van der Waals surface area (Å²) in [5.41, 5.74) is 0.642. The molecule has 190 valence electrons. The fraction of sp³-hybridized carbons (Fsp3) is 0.484. The third kappa shape index (κ3) is 3.83. The molecule has 2 aromatic carbocycles. The van der Waals surface area contributed by atoms with E-state index < -0.39 is 19.7 Å². The highest BCUT2D eigenvalue weighted by Gasteiger charge is 2.62. The molecule has 1 saturated heterocycles. The maximum absolute atomic E-state index is 13.2. The Kier molecular flexibility index (Phi) is 6.36. The van der Waals surface area contributed by atoms with Crippen LogP contribution in [0.5, 0.6) is 0 Å². The first-order chi connectivity index (χ1) is 17.1. The van der Waals surface area contributed by atoms with Gasteiger partial charge in [0.25, 0.3) is 8.32 Å². The molecule has 5 rings (SSSR count). The van der Waals surface area contributed by atoms with Gasteiger partial charge in [-0.25, -0.2) is 0 Å². The summed E-state index contributed by atoms with van der Waals surface area (Å²) in [5.74, 6) is -0.894. The zero-order valence-corrected chi connectivity index (χ0v) is 23.0. The topological polar surface area (TPSA) is 52.6 Å². The van der Waals surface area contributed by atoms with Gasteiger partial charge in [0.1, 0.15) is 18.3 Å². The van der Waals surface area contributed by atoms with E-state index in [0.29, 0.717) is 19.6 Å². The van der Waals surface area contributed by atoms with E-state index in [0.717, 1.165) is 25.7 Å². The molecule has 0 spiro atoms. The van der Waals surface area contributed by atoms with Gasteiger partial charge in [0, 0.05) is 18.4 Å². The molecule has 0 amide bonds. The molecule has 36 heavy (non-hydrogen) atoms. The molecule has 1 aliphatic heterocycles. The number of carbonyl (C=O) groups excluding carboxylic acids is 2. The first-order valence-electron chi connectivity index (χ1n) is 13.3. The number of ether oxygens (including phenoxy) is 1. The van der Waals surface area contributed by atoms with Crippen molar-refractivity contribution in [2.45, 2.75) is 64.8 Å². The molecule has 5 heteroatoms. The van der Waals surface area contributed by atoms with E-state index in [-0.39, 0.29) is 22.2 Å². The summed E-state index contributed by atoms with van der Waals surface area (Å²) in [4.78, 5) is 25.5. The van der Waals surface area contributed by atoms with E-state index in [4.69, 9.17) is 9.16 Å². The lowest BCUT2D eigenvalue weighted by atomic mass is 9.55. The van der Waals surface area contributed by atoms with Crippen molar-refractivity contribution in [3.05, 3.63) is 72.3 Å². The molecule has 0 bridgehead atoms. The zero-order valence-electron chi connectivity index (χ0n) is 22.0. The number of allylic oxidation sites excluding steroid dienone is 1. The van der Waals surface area contributed by atoms with Crippen LogP contribution in [0.25, 0.3) is 0 Å². The summed E-state index contributed by atoms with van der Waals surface area (Å²) < 4.78 is 12.5. The standard InChI is InChI=1S/C31H38O4Si/c1-29(2,3)36(23-13-7-5-8-14-23,24-15-9-6-10-16-24)35-20-12-19-31-18-11-17-26(31)30(4)22-34-28(33)27(30)25(32)21-31/h5-10,13-17,27H,11-12,18-22H2,1-4H3/t27-,30-,31-/m0/s1. The zero-order chi connectivity index (χ0) is 25.6. The van der Waals surface area contributed by atoms with Gasteiger partial charge in [0.15, 0.2) is 0 Å². The van der Waals surface area contributed by atoms with E-state index in [1.54, 1.807) is 0 Å². The van der Waals surface area contributed by atoms with E-state index in [2.05, 4.69) is 94.4 Å². The smallest absolute Gasteiger partial charge is 0.317 e. The number of cyclic esters (lactones) is 1. The minimum absolute atomic E-state index is 0.0601. The van der Waals surface area contributed by atoms with Crippen molar-refractivity contribution in [3.8, 4) is 0 Å². The number of benzene rings is 2. The Labute approximate surface area is 216 Å². The highest BCUT2D eigenvalue weighted by atomic mass is 28.4. The van der Waals surface area contributed by atoms with Crippen molar-refractivity contribution in [2.75, 3.05) is 13.2 Å². The molecule has 0 unspecified atom stereocenters. The first kappa shape index (κ1) is 25.2. The normalized spacial score (nSPS) is 27.9. The Bertz CT molecular complexity index is 1130. The summed E-state index contributed by atoms with van der Waals surface area (Å²) in [6.45, 7) is 9.93. The molecule has 3 aliphatic rings. The molecular weight excluding hydrogens is 464 g/mol. The second-order valence-corrected chi connectivity index (χ2v) is 16.5. The van der Waals surface area contributed by atoms with Gasteiger partial charge in [-0.1, -0.05) is 100 Å². The van der Waals surface area contributed by atoms with Crippen molar-refractivity contribution in [1.29, 1.82) is 0 Å². The third-order valence-electron chi connectivity index (χ3n) is 8.91. The molecule has 2 fully saturated rings. The summed E-state index contributed by atoms with van der Waals surface area (Å²) in [5, 5.41) is 2.51. The van der Waals surface area contributed by atoms with Crippen LogP contribution in [0.2, 0.25) is 5.04 Å². The SMILES string of the molecule is CC(C)(C)[Si](OCCC[C@]12CCC=C1[C@]1(C)COC(=O)[C@@H]1C(=O)C2)(c1ccccc1)c1ccccc1. The van der Waals surface area contributed by atoms with Gasteiger partial charge in [0.05, 0.1) is 0 Å². The van der Waals surface area contributed by atoms with Gasteiger partial charge < -0.3 is 9.16 Å². The predicted octanol–water partition coefficient (Wildman–Crippen LogP) is 5.20. The molecule has 0 radical (unpaired) electrons. The van der Waals surface area contributed by atoms with E-state index in [9.17, 15) is 9.59 Å². The number of hydrogen-bond acceptors (Lipinski definition) is 4. The van der Waals surface area contributed by atoms with Gasteiger partial charge in [-0.15, -0.1) is 0 Å². The van der Waals surface area contributed by atoms with Crippen LogP contribution in [0.15, 0.2) is 72.3 Å². The molecule has 1 saturated carbocycles. The Morgan fingerprint density at radius 2 is 1.61 bits per heavy atom. The number of ketones is 1. The maximum Gasteiger partial charge on any atom is 0.317 e. The molecule has 0 aromatic heterocycles. The second kappa shape index (κ2) is 9.11. The molecular formula is C31H38O4Si. The van der Waals surface area contributed by atoms with Crippen molar-refractivity contribution in [2.24, 2.45) is 16.7 Å². The Hall–Kier alpha value is -2.50. The number of esters is 1. The van der Waals surface area contributed by atoms with Gasteiger partial charge >= 0.3 is 5.97 Å². The highest BCUT2D eigenvalue weighted by Crippen LogP contribution is 2.61. The number of carbonyl (C=O) groups is 2. The fourth-order valence-corrected chi connectivity index (χ4v) is 12.0. The van der Waals surface area contributed by atoms with Gasteiger partial charge in [-0.05, 0) is 46.5 Å². The Morgan fingerprint density at radius 1 is 1.00 bits per heavy atom. The molecule has 1 heterocycles. The molecule has 2 aliphatic carbocycles. The van der Waals surface area contributed by atoms with Crippen molar-refractivity contribution >= 4 is 30.4 Å². The van der Waals surface area contributed by atoms with E-state index in [1.807, 2.05) is 0 Å². The van der Waals surface area contributed by atoms with Crippen LogP contribution in [0.1, 0.15) is 59.8 Å².